The molecule has 0 amide bonds. The van der Waals surface area contributed by atoms with Crippen LogP contribution < -0.4 is 0 Å². The summed E-state index contributed by atoms with van der Waals surface area (Å²) in [6.45, 7) is 0. The summed E-state index contributed by atoms with van der Waals surface area (Å²) in [4.78, 5) is 0. The van der Waals surface area contributed by atoms with Gasteiger partial charge in [0.2, 0.25) is 0 Å². The Labute approximate surface area is 106 Å². The highest BCUT2D eigenvalue weighted by atomic mass is 14.5. The van der Waals surface area contributed by atoms with Gasteiger partial charge in [0.25, 0.3) is 0 Å². The van der Waals surface area contributed by atoms with E-state index in [4.69, 9.17) is 0 Å². The van der Waals surface area contributed by atoms with Crippen LogP contribution in [0.15, 0.2) is 0 Å². The van der Waals surface area contributed by atoms with E-state index in [0.717, 1.165) is 17.8 Å². The Hall–Kier alpha value is -0.510. The monoisotopic (exact) mass is 231 g/mol. The summed E-state index contributed by atoms with van der Waals surface area (Å²) in [6, 6.07) is 2.74. The largest absolute Gasteiger partial charge is 0.198 e. The van der Waals surface area contributed by atoms with Crippen molar-refractivity contribution in [3.05, 3.63) is 0 Å². The lowest BCUT2D eigenvalue weighted by molar-refractivity contribution is 0.203. The van der Waals surface area contributed by atoms with Crippen molar-refractivity contribution >= 4 is 0 Å². The van der Waals surface area contributed by atoms with Crippen molar-refractivity contribution in [1.29, 1.82) is 5.26 Å². The van der Waals surface area contributed by atoms with Crippen molar-refractivity contribution in [2.24, 2.45) is 23.2 Å². The molecule has 0 N–H and O–H groups in total. The molecule has 0 aromatic carbocycles. The number of nitrogens with zero attached hydrogens (tertiary/aromatic N) is 1. The lowest BCUT2D eigenvalue weighted by atomic mass is 9.71. The van der Waals surface area contributed by atoms with Crippen LogP contribution in [0, 0.1) is 34.5 Å². The fourth-order valence-corrected chi connectivity index (χ4v) is 4.90. The third kappa shape index (κ3) is 2.24. The maximum absolute atomic E-state index is 9.65. The number of hydrogen-bond acceptors (Lipinski definition) is 1. The fourth-order valence-electron chi connectivity index (χ4n) is 4.90. The molecular formula is C16H25N. The number of nitriles is 1. The summed E-state index contributed by atoms with van der Waals surface area (Å²) in [5, 5.41) is 9.65. The topological polar surface area (TPSA) is 23.8 Å². The normalized spacial score (nSPS) is 39.8. The second-order valence-electron chi connectivity index (χ2n) is 6.95. The summed E-state index contributed by atoms with van der Waals surface area (Å²) in [5.41, 5.74) is 0.0750. The summed E-state index contributed by atoms with van der Waals surface area (Å²) in [6.07, 6.45) is 14.8. The zero-order valence-corrected chi connectivity index (χ0v) is 11.0. The van der Waals surface area contributed by atoms with Crippen LogP contribution in [-0.4, -0.2) is 0 Å². The van der Waals surface area contributed by atoms with Crippen LogP contribution in [0.3, 0.4) is 0 Å². The van der Waals surface area contributed by atoms with Crippen molar-refractivity contribution in [2.75, 3.05) is 0 Å². The zero-order valence-electron chi connectivity index (χ0n) is 11.0. The standard InChI is InChI=1S/C16H25N/c17-12-16(7-3-1-2-4-8-16)11-15-10-13-5-6-14(15)9-13/h13-15H,1-11H2. The molecule has 0 radical (unpaired) electrons. The zero-order chi connectivity index (χ0) is 11.7. The molecule has 0 aromatic rings. The van der Waals surface area contributed by atoms with Gasteiger partial charge in [-0.25, -0.2) is 0 Å². The van der Waals surface area contributed by atoms with Crippen LogP contribution in [0.25, 0.3) is 0 Å². The summed E-state index contributed by atoms with van der Waals surface area (Å²) >= 11 is 0. The predicted octanol–water partition coefficient (Wildman–Crippen LogP) is 4.68. The van der Waals surface area contributed by atoms with E-state index in [9.17, 15) is 5.26 Å². The molecule has 0 heterocycles. The van der Waals surface area contributed by atoms with E-state index < -0.39 is 0 Å². The molecule has 3 saturated carbocycles. The van der Waals surface area contributed by atoms with E-state index in [2.05, 4.69) is 6.07 Å². The molecule has 2 bridgehead atoms. The van der Waals surface area contributed by atoms with E-state index in [1.54, 1.807) is 0 Å². The van der Waals surface area contributed by atoms with Gasteiger partial charge in [0.05, 0.1) is 11.5 Å². The molecule has 3 fully saturated rings. The molecule has 3 aliphatic rings. The smallest absolute Gasteiger partial charge is 0.0689 e. The van der Waals surface area contributed by atoms with Crippen LogP contribution in [-0.2, 0) is 0 Å². The van der Waals surface area contributed by atoms with Crippen LogP contribution in [0.4, 0.5) is 0 Å². The molecule has 1 heteroatoms. The molecule has 3 atom stereocenters. The van der Waals surface area contributed by atoms with Crippen molar-refractivity contribution < 1.29 is 0 Å². The average molecular weight is 231 g/mol. The van der Waals surface area contributed by atoms with Gasteiger partial charge in [-0.05, 0) is 56.3 Å². The van der Waals surface area contributed by atoms with Gasteiger partial charge in [-0.2, -0.15) is 5.26 Å². The highest BCUT2D eigenvalue weighted by Crippen LogP contribution is 2.53. The highest BCUT2D eigenvalue weighted by Gasteiger charge is 2.43. The van der Waals surface area contributed by atoms with Gasteiger partial charge in [0, 0.05) is 0 Å². The SMILES string of the molecule is N#CC1(CC2CC3CCC2C3)CCCCCC1. The van der Waals surface area contributed by atoms with E-state index in [1.165, 1.54) is 70.6 Å². The molecule has 17 heavy (non-hydrogen) atoms. The third-order valence-corrected chi connectivity index (χ3v) is 5.84. The maximum Gasteiger partial charge on any atom is 0.0689 e. The van der Waals surface area contributed by atoms with Gasteiger partial charge in [-0.3, -0.25) is 0 Å². The molecular weight excluding hydrogens is 206 g/mol. The van der Waals surface area contributed by atoms with Crippen molar-refractivity contribution in [3.8, 4) is 6.07 Å². The minimum atomic E-state index is 0.0750. The first-order valence-electron chi connectivity index (χ1n) is 7.73. The second-order valence-corrected chi connectivity index (χ2v) is 6.95. The Morgan fingerprint density at radius 1 is 1.00 bits per heavy atom. The third-order valence-electron chi connectivity index (χ3n) is 5.84. The van der Waals surface area contributed by atoms with E-state index in [1.807, 2.05) is 0 Å². The lowest BCUT2D eigenvalue weighted by Crippen LogP contribution is -2.24. The Morgan fingerprint density at radius 3 is 2.29 bits per heavy atom. The molecule has 0 aromatic heterocycles. The Balaban J connectivity index is 1.67. The van der Waals surface area contributed by atoms with Crippen LogP contribution in [0.5, 0.6) is 0 Å². The fraction of sp³-hybridized carbons (Fsp3) is 0.938. The van der Waals surface area contributed by atoms with E-state index in [0.29, 0.717) is 0 Å². The van der Waals surface area contributed by atoms with Gasteiger partial charge < -0.3 is 0 Å². The summed E-state index contributed by atoms with van der Waals surface area (Å²) < 4.78 is 0. The van der Waals surface area contributed by atoms with E-state index in [-0.39, 0.29) is 5.41 Å². The highest BCUT2D eigenvalue weighted by molar-refractivity contribution is 5.03. The molecule has 0 saturated heterocycles. The number of fused-ring (bicyclic) bond motifs is 2. The van der Waals surface area contributed by atoms with Crippen molar-refractivity contribution in [2.45, 2.75) is 70.6 Å². The molecule has 3 rings (SSSR count). The molecule has 3 aliphatic carbocycles. The first-order chi connectivity index (χ1) is 8.31. The lowest BCUT2D eigenvalue weighted by Gasteiger charge is -2.32. The van der Waals surface area contributed by atoms with Gasteiger partial charge in [0.1, 0.15) is 0 Å². The molecule has 3 unspecified atom stereocenters. The number of hydrogen-bond donors (Lipinski definition) is 0. The van der Waals surface area contributed by atoms with Crippen LogP contribution in [0.1, 0.15) is 70.6 Å². The average Bonchev–Trinajstić information content (AvgIpc) is 2.87. The first-order valence-corrected chi connectivity index (χ1v) is 7.73. The number of rotatable bonds is 2. The van der Waals surface area contributed by atoms with Gasteiger partial charge >= 0.3 is 0 Å². The van der Waals surface area contributed by atoms with Crippen molar-refractivity contribution in [3.63, 3.8) is 0 Å². The Kier molecular flexibility index (Phi) is 3.16. The van der Waals surface area contributed by atoms with Gasteiger partial charge in [-0.15, -0.1) is 0 Å². The minimum absolute atomic E-state index is 0.0750. The predicted molar refractivity (Wildman–Crippen MR) is 69.3 cm³/mol. The molecule has 1 nitrogen and oxygen atoms in total. The van der Waals surface area contributed by atoms with Crippen LogP contribution in [0.2, 0.25) is 0 Å². The second kappa shape index (κ2) is 4.63. The summed E-state index contributed by atoms with van der Waals surface area (Å²) in [7, 11) is 0. The van der Waals surface area contributed by atoms with Crippen LogP contribution >= 0.6 is 0 Å². The maximum atomic E-state index is 9.65. The minimum Gasteiger partial charge on any atom is -0.198 e. The Morgan fingerprint density at radius 2 is 1.76 bits per heavy atom. The first kappa shape index (κ1) is 11.6. The molecule has 0 spiro atoms. The quantitative estimate of drug-likeness (QED) is 0.633. The van der Waals surface area contributed by atoms with E-state index >= 15 is 0 Å². The Bertz CT molecular complexity index is 306. The summed E-state index contributed by atoms with van der Waals surface area (Å²) in [5.74, 6) is 2.94. The van der Waals surface area contributed by atoms with Gasteiger partial charge in [-0.1, -0.05) is 32.1 Å². The van der Waals surface area contributed by atoms with Crippen molar-refractivity contribution in [1.82, 2.24) is 0 Å². The van der Waals surface area contributed by atoms with Gasteiger partial charge in [0.15, 0.2) is 0 Å². The molecule has 0 aliphatic heterocycles. The molecule has 94 valence electrons.